The van der Waals surface area contributed by atoms with Crippen LogP contribution in [0.15, 0.2) is 54.6 Å². The molecule has 1 N–H and O–H groups in total. The van der Waals surface area contributed by atoms with Crippen LogP contribution < -0.4 is 10.1 Å². The van der Waals surface area contributed by atoms with Gasteiger partial charge >= 0.3 is 6.61 Å². The largest absolute Gasteiger partial charge is 0.435 e. The first-order chi connectivity index (χ1) is 11.4. The zero-order chi connectivity index (χ0) is 17.5. The number of ketones is 1. The molecule has 4 nitrogen and oxygen atoms in total. The molecule has 0 fully saturated rings. The van der Waals surface area contributed by atoms with Crippen LogP contribution in [-0.2, 0) is 4.79 Å². The first-order valence-electron chi connectivity index (χ1n) is 7.09. The number of rotatable bonds is 6. The quantitative estimate of drug-likeness (QED) is 0.639. The number of anilines is 1. The third kappa shape index (κ3) is 5.31. The van der Waals surface area contributed by atoms with Crippen LogP contribution in [0.4, 0.5) is 14.5 Å². The number of allylic oxidation sites excluding steroid dienone is 1. The number of alkyl halides is 2. The molecule has 0 atom stereocenters. The van der Waals surface area contributed by atoms with E-state index in [0.717, 1.165) is 5.56 Å². The van der Waals surface area contributed by atoms with Gasteiger partial charge in [0.05, 0.1) is 0 Å². The van der Waals surface area contributed by atoms with E-state index in [-0.39, 0.29) is 23.0 Å². The van der Waals surface area contributed by atoms with Crippen molar-refractivity contribution >= 4 is 23.5 Å². The molecule has 0 aliphatic rings. The Morgan fingerprint density at radius 2 is 1.83 bits per heavy atom. The standard InChI is InChI=1S/C18H15F2NO3/c1-12(22)21-15-8-5-13(6-9-15)7-10-17(23)14-3-2-4-16(11-14)24-18(19)20/h2-11,18H,1H3,(H,21,22)/b10-7+. The number of amides is 1. The fourth-order valence-electron chi connectivity index (χ4n) is 1.97. The second-order valence-electron chi connectivity index (χ2n) is 4.91. The second kappa shape index (κ2) is 8.01. The molecule has 0 aliphatic carbocycles. The van der Waals surface area contributed by atoms with Crippen LogP contribution in [0, 0.1) is 0 Å². The lowest BCUT2D eigenvalue weighted by Gasteiger charge is -2.05. The summed E-state index contributed by atoms with van der Waals surface area (Å²) in [5.41, 5.74) is 1.67. The van der Waals surface area contributed by atoms with E-state index in [4.69, 9.17) is 0 Å². The molecule has 0 aliphatic heterocycles. The molecule has 24 heavy (non-hydrogen) atoms. The normalized spacial score (nSPS) is 10.8. The van der Waals surface area contributed by atoms with Gasteiger partial charge in [0.15, 0.2) is 5.78 Å². The molecular formula is C18H15F2NO3. The minimum absolute atomic E-state index is 0.0658. The van der Waals surface area contributed by atoms with Crippen LogP contribution >= 0.6 is 0 Å². The van der Waals surface area contributed by atoms with Crippen molar-refractivity contribution in [2.75, 3.05) is 5.32 Å². The molecule has 0 heterocycles. The van der Waals surface area contributed by atoms with Crippen LogP contribution in [0.2, 0.25) is 0 Å². The third-order valence-electron chi connectivity index (χ3n) is 3.00. The average molecular weight is 331 g/mol. The maximum atomic E-state index is 12.2. The molecule has 0 unspecified atom stereocenters. The van der Waals surface area contributed by atoms with Gasteiger partial charge in [0.1, 0.15) is 5.75 Å². The Balaban J connectivity index is 2.06. The maximum Gasteiger partial charge on any atom is 0.387 e. The number of hydrogen-bond acceptors (Lipinski definition) is 3. The van der Waals surface area contributed by atoms with Gasteiger partial charge in [0.25, 0.3) is 0 Å². The molecule has 1 amide bonds. The smallest absolute Gasteiger partial charge is 0.387 e. The first-order valence-corrected chi connectivity index (χ1v) is 7.09. The van der Waals surface area contributed by atoms with Crippen LogP contribution in [0.25, 0.3) is 6.08 Å². The van der Waals surface area contributed by atoms with Crippen molar-refractivity contribution in [3.05, 3.63) is 65.7 Å². The number of hydrogen-bond donors (Lipinski definition) is 1. The molecule has 6 heteroatoms. The first kappa shape index (κ1) is 17.3. The number of halogens is 2. The van der Waals surface area contributed by atoms with Gasteiger partial charge in [0.2, 0.25) is 5.91 Å². The summed E-state index contributed by atoms with van der Waals surface area (Å²) in [6.07, 6.45) is 2.94. The average Bonchev–Trinajstić information content (AvgIpc) is 2.53. The minimum atomic E-state index is -2.94. The van der Waals surface area contributed by atoms with Crippen molar-refractivity contribution in [1.82, 2.24) is 0 Å². The number of ether oxygens (including phenoxy) is 1. The molecule has 2 aromatic carbocycles. The van der Waals surface area contributed by atoms with Gasteiger partial charge in [-0.1, -0.05) is 30.3 Å². The van der Waals surface area contributed by atoms with E-state index >= 15 is 0 Å². The predicted octanol–water partition coefficient (Wildman–Crippen LogP) is 4.14. The highest BCUT2D eigenvalue weighted by atomic mass is 19.3. The lowest BCUT2D eigenvalue weighted by molar-refractivity contribution is -0.114. The molecule has 0 saturated heterocycles. The van der Waals surface area contributed by atoms with E-state index in [1.807, 2.05) is 0 Å². The molecule has 0 aromatic heterocycles. The summed E-state index contributed by atoms with van der Waals surface area (Å²) in [7, 11) is 0. The van der Waals surface area contributed by atoms with Gasteiger partial charge in [-0.15, -0.1) is 0 Å². The number of benzene rings is 2. The van der Waals surface area contributed by atoms with E-state index in [1.165, 1.54) is 37.3 Å². The van der Waals surface area contributed by atoms with Crippen molar-refractivity contribution in [2.45, 2.75) is 13.5 Å². The van der Waals surface area contributed by atoms with Crippen molar-refractivity contribution in [1.29, 1.82) is 0 Å². The fourth-order valence-corrected chi connectivity index (χ4v) is 1.97. The molecule has 0 radical (unpaired) electrons. The van der Waals surface area contributed by atoms with E-state index in [1.54, 1.807) is 30.3 Å². The van der Waals surface area contributed by atoms with E-state index in [2.05, 4.69) is 10.1 Å². The van der Waals surface area contributed by atoms with Crippen LogP contribution in [0.1, 0.15) is 22.8 Å². The second-order valence-corrected chi connectivity index (χ2v) is 4.91. The van der Waals surface area contributed by atoms with Gasteiger partial charge in [-0.05, 0) is 35.9 Å². The SMILES string of the molecule is CC(=O)Nc1ccc(/C=C/C(=O)c2cccc(OC(F)F)c2)cc1. The summed E-state index contributed by atoms with van der Waals surface area (Å²) in [5.74, 6) is -0.566. The predicted molar refractivity (Wildman–Crippen MR) is 87.2 cm³/mol. The van der Waals surface area contributed by atoms with Crippen molar-refractivity contribution in [3.63, 3.8) is 0 Å². The summed E-state index contributed by atoms with van der Waals surface area (Å²) in [6.45, 7) is -1.52. The zero-order valence-corrected chi connectivity index (χ0v) is 12.8. The fraction of sp³-hybridized carbons (Fsp3) is 0.111. The van der Waals surface area contributed by atoms with Gasteiger partial charge < -0.3 is 10.1 Å². The Bertz CT molecular complexity index is 755. The lowest BCUT2D eigenvalue weighted by Crippen LogP contribution is -2.05. The summed E-state index contributed by atoms with van der Waals surface area (Å²) in [5, 5.41) is 2.64. The van der Waals surface area contributed by atoms with E-state index in [9.17, 15) is 18.4 Å². The van der Waals surface area contributed by atoms with Crippen molar-refractivity contribution in [3.8, 4) is 5.75 Å². The van der Waals surface area contributed by atoms with Crippen LogP contribution in [0.5, 0.6) is 5.75 Å². The highest BCUT2D eigenvalue weighted by Gasteiger charge is 2.07. The zero-order valence-electron chi connectivity index (χ0n) is 12.8. The van der Waals surface area contributed by atoms with Gasteiger partial charge in [-0.2, -0.15) is 8.78 Å². The Hall–Kier alpha value is -3.02. The van der Waals surface area contributed by atoms with E-state index in [0.29, 0.717) is 5.69 Å². The molecule has 2 aromatic rings. The topological polar surface area (TPSA) is 55.4 Å². The maximum absolute atomic E-state index is 12.2. The summed E-state index contributed by atoms with van der Waals surface area (Å²) in [4.78, 5) is 23.0. The summed E-state index contributed by atoms with van der Waals surface area (Å²) >= 11 is 0. The van der Waals surface area contributed by atoms with Gasteiger partial charge in [-0.3, -0.25) is 9.59 Å². The minimum Gasteiger partial charge on any atom is -0.435 e. The Morgan fingerprint density at radius 1 is 1.12 bits per heavy atom. The third-order valence-corrected chi connectivity index (χ3v) is 3.00. The molecule has 0 bridgehead atoms. The van der Waals surface area contributed by atoms with Crippen molar-refractivity contribution in [2.24, 2.45) is 0 Å². The highest BCUT2D eigenvalue weighted by Crippen LogP contribution is 2.17. The molecule has 2 rings (SSSR count). The molecule has 0 saturated carbocycles. The highest BCUT2D eigenvalue weighted by molar-refractivity contribution is 6.07. The van der Waals surface area contributed by atoms with E-state index < -0.39 is 6.61 Å². The Kier molecular flexibility index (Phi) is 5.78. The molecule has 0 spiro atoms. The summed E-state index contributed by atoms with van der Waals surface area (Å²) in [6, 6.07) is 12.5. The van der Waals surface area contributed by atoms with Crippen molar-refractivity contribution < 1.29 is 23.1 Å². The lowest BCUT2D eigenvalue weighted by atomic mass is 10.1. The van der Waals surface area contributed by atoms with Gasteiger partial charge in [0, 0.05) is 18.2 Å². The monoisotopic (exact) mass is 331 g/mol. The molecular weight excluding hydrogens is 316 g/mol. The molecule has 124 valence electrons. The van der Waals surface area contributed by atoms with Crippen LogP contribution in [-0.4, -0.2) is 18.3 Å². The Morgan fingerprint density at radius 3 is 2.46 bits per heavy atom. The number of nitrogens with one attached hydrogen (secondary N) is 1. The van der Waals surface area contributed by atoms with Crippen LogP contribution in [0.3, 0.4) is 0 Å². The summed E-state index contributed by atoms with van der Waals surface area (Å²) < 4.78 is 28.6. The van der Waals surface area contributed by atoms with Gasteiger partial charge in [-0.25, -0.2) is 0 Å². The number of carbonyl (C=O) groups excluding carboxylic acids is 2. The number of carbonyl (C=O) groups is 2. The Labute approximate surface area is 137 Å².